The second kappa shape index (κ2) is 14.0. The average molecular weight is 602 g/mol. The molecule has 230 valence electrons. The molecule has 1 aromatic heterocycles. The predicted molar refractivity (Wildman–Crippen MR) is 195 cm³/mol. The van der Waals surface area contributed by atoms with Gasteiger partial charge in [-0.15, -0.1) is 0 Å². The third-order valence-electron chi connectivity index (χ3n) is 9.59. The van der Waals surface area contributed by atoms with Gasteiger partial charge in [-0.05, 0) is 84.9 Å². The molecule has 0 bridgehead atoms. The summed E-state index contributed by atoms with van der Waals surface area (Å²) in [4.78, 5) is 14.8. The molecular weight excluding hydrogens is 558 g/mol. The number of aryl methyl sites for hydroxylation is 1. The topological polar surface area (TPSA) is 37.6 Å². The van der Waals surface area contributed by atoms with Crippen LogP contribution in [0.15, 0.2) is 144 Å². The van der Waals surface area contributed by atoms with E-state index in [1.165, 1.54) is 27.8 Å². The van der Waals surface area contributed by atoms with Crippen LogP contribution in [0.1, 0.15) is 91.9 Å². The van der Waals surface area contributed by atoms with E-state index < -0.39 is 0 Å². The van der Waals surface area contributed by atoms with Crippen molar-refractivity contribution >= 4 is 22.8 Å². The number of rotatable bonds is 9. The lowest BCUT2D eigenvalue weighted by Crippen LogP contribution is -2.26. The second-order valence-corrected chi connectivity index (χ2v) is 12.2. The minimum atomic E-state index is -0.101. The summed E-state index contributed by atoms with van der Waals surface area (Å²) in [5, 5.41) is 0. The van der Waals surface area contributed by atoms with Crippen LogP contribution in [0.2, 0.25) is 0 Å². The fourth-order valence-electron chi connectivity index (χ4n) is 6.83. The van der Waals surface area contributed by atoms with Crippen LogP contribution in [0.25, 0.3) is 11.3 Å². The van der Waals surface area contributed by atoms with Crippen LogP contribution < -0.4 is 0 Å². The molecule has 0 radical (unpaired) electrons. The Morgan fingerprint density at radius 2 is 1.48 bits per heavy atom. The molecule has 3 heteroatoms. The number of amidine groups is 1. The molecule has 0 amide bonds. The predicted octanol–water partition coefficient (Wildman–Crippen LogP) is 10.7. The first kappa shape index (κ1) is 31.1. The summed E-state index contributed by atoms with van der Waals surface area (Å²) in [6.07, 6.45) is 17.1. The van der Waals surface area contributed by atoms with Gasteiger partial charge >= 0.3 is 0 Å². The number of hydrogen-bond donors (Lipinski definition) is 0. The van der Waals surface area contributed by atoms with Gasteiger partial charge in [-0.1, -0.05) is 130 Å². The largest absolute Gasteiger partial charge is 0.256 e. The summed E-state index contributed by atoms with van der Waals surface area (Å²) in [5.41, 5.74) is 12.3. The Kier molecular flexibility index (Phi) is 9.49. The lowest BCUT2D eigenvalue weighted by molar-refractivity contribution is 0.478. The highest BCUT2D eigenvalue weighted by Crippen LogP contribution is 2.40. The zero-order valence-corrected chi connectivity index (χ0v) is 27.3. The highest BCUT2D eigenvalue weighted by molar-refractivity contribution is 6.13. The Balaban J connectivity index is 1.33. The molecule has 0 aliphatic heterocycles. The quantitative estimate of drug-likeness (QED) is 0.139. The minimum Gasteiger partial charge on any atom is -0.256 e. The average Bonchev–Trinajstić information content (AvgIpc) is 3.13. The maximum Gasteiger partial charge on any atom is 0.160 e. The molecule has 46 heavy (non-hydrogen) atoms. The van der Waals surface area contributed by atoms with Crippen molar-refractivity contribution in [1.29, 1.82) is 0 Å². The van der Waals surface area contributed by atoms with Crippen molar-refractivity contribution in [2.24, 2.45) is 9.98 Å². The molecule has 0 unspecified atom stereocenters. The van der Waals surface area contributed by atoms with Crippen LogP contribution in [0, 0.1) is 0 Å². The molecule has 3 nitrogen and oxygen atoms in total. The fraction of sp³-hybridized carbons (Fsp3) is 0.233. The van der Waals surface area contributed by atoms with Crippen LogP contribution in [0.4, 0.5) is 0 Å². The van der Waals surface area contributed by atoms with E-state index >= 15 is 0 Å². The van der Waals surface area contributed by atoms with E-state index in [4.69, 9.17) is 15.0 Å². The zero-order valence-electron chi connectivity index (χ0n) is 27.3. The summed E-state index contributed by atoms with van der Waals surface area (Å²) in [7, 11) is 0. The Hall–Kier alpha value is -4.89. The highest BCUT2D eigenvalue weighted by Gasteiger charge is 2.31. The van der Waals surface area contributed by atoms with Crippen LogP contribution >= 0.6 is 0 Å². The lowest BCUT2D eigenvalue weighted by atomic mass is 9.70. The summed E-state index contributed by atoms with van der Waals surface area (Å²) in [5.74, 6) is 0.676. The van der Waals surface area contributed by atoms with Crippen molar-refractivity contribution in [3.8, 4) is 0 Å². The van der Waals surface area contributed by atoms with Crippen molar-refractivity contribution in [3.05, 3.63) is 173 Å². The number of benzene rings is 3. The van der Waals surface area contributed by atoms with Gasteiger partial charge in [0.15, 0.2) is 5.84 Å². The normalized spacial score (nSPS) is 15.2. The third-order valence-corrected chi connectivity index (χ3v) is 9.59. The van der Waals surface area contributed by atoms with Gasteiger partial charge in [-0.3, -0.25) is 4.98 Å². The maximum absolute atomic E-state index is 5.07. The molecule has 2 aliphatic carbocycles. The molecule has 0 saturated heterocycles. The van der Waals surface area contributed by atoms with Crippen LogP contribution in [0.3, 0.4) is 0 Å². The van der Waals surface area contributed by atoms with Gasteiger partial charge in [-0.25, -0.2) is 9.98 Å². The van der Waals surface area contributed by atoms with Crippen molar-refractivity contribution in [2.75, 3.05) is 0 Å². The Labute approximate surface area is 274 Å². The fourth-order valence-corrected chi connectivity index (χ4v) is 6.83. The molecule has 2 aliphatic rings. The van der Waals surface area contributed by atoms with Crippen LogP contribution in [-0.2, 0) is 11.8 Å². The van der Waals surface area contributed by atoms with Crippen molar-refractivity contribution < 1.29 is 0 Å². The van der Waals surface area contributed by atoms with Gasteiger partial charge in [0.25, 0.3) is 0 Å². The molecular formula is C43H43N3. The first-order valence-corrected chi connectivity index (χ1v) is 16.6. The first-order chi connectivity index (χ1) is 22.5. The monoisotopic (exact) mass is 601 g/mol. The highest BCUT2D eigenvalue weighted by atomic mass is 14.9. The summed E-state index contributed by atoms with van der Waals surface area (Å²) in [6, 6.07) is 32.5. The van der Waals surface area contributed by atoms with Gasteiger partial charge in [0, 0.05) is 28.5 Å². The number of hydrogen-bond acceptors (Lipinski definition) is 2. The van der Waals surface area contributed by atoms with Gasteiger partial charge in [0.05, 0.1) is 11.4 Å². The molecule has 0 spiro atoms. The number of aliphatic imine (C=N–C) groups is 2. The lowest BCUT2D eigenvalue weighted by Gasteiger charge is -2.33. The van der Waals surface area contributed by atoms with E-state index in [0.29, 0.717) is 11.5 Å². The third kappa shape index (κ3) is 6.41. The van der Waals surface area contributed by atoms with Gasteiger partial charge < -0.3 is 0 Å². The SMILES string of the molecule is C=C(N=C(N=C(C)C1=CCCC=C1)c1ccc(C(CC)(CC)c2ccc(C3=CCCc4cccnc43)cc2)cc1)c1ccccc1. The molecule has 0 saturated carbocycles. The molecule has 0 fully saturated rings. The summed E-state index contributed by atoms with van der Waals surface area (Å²) < 4.78 is 0. The van der Waals surface area contributed by atoms with Gasteiger partial charge in [-0.2, -0.15) is 0 Å². The molecule has 0 atom stereocenters. The van der Waals surface area contributed by atoms with E-state index in [9.17, 15) is 0 Å². The van der Waals surface area contributed by atoms with E-state index in [-0.39, 0.29) is 5.41 Å². The van der Waals surface area contributed by atoms with Crippen molar-refractivity contribution in [1.82, 2.24) is 4.98 Å². The summed E-state index contributed by atoms with van der Waals surface area (Å²) >= 11 is 0. The van der Waals surface area contributed by atoms with Crippen molar-refractivity contribution in [3.63, 3.8) is 0 Å². The number of allylic oxidation sites excluding steroid dienone is 5. The number of aromatic nitrogens is 1. The van der Waals surface area contributed by atoms with Gasteiger partial charge in [0.2, 0.25) is 0 Å². The molecule has 6 rings (SSSR count). The van der Waals surface area contributed by atoms with Crippen LogP contribution in [-0.4, -0.2) is 16.5 Å². The maximum atomic E-state index is 5.07. The number of fused-ring (bicyclic) bond motifs is 1. The number of pyridine rings is 1. The van der Waals surface area contributed by atoms with E-state index in [1.807, 2.05) is 42.6 Å². The van der Waals surface area contributed by atoms with Gasteiger partial charge in [0.1, 0.15) is 0 Å². The van der Waals surface area contributed by atoms with E-state index in [1.54, 1.807) is 0 Å². The molecule has 4 aromatic rings. The smallest absolute Gasteiger partial charge is 0.160 e. The Morgan fingerprint density at radius 1 is 0.761 bits per heavy atom. The number of nitrogens with zero attached hydrogens (tertiary/aromatic N) is 3. The Morgan fingerprint density at radius 3 is 2.15 bits per heavy atom. The minimum absolute atomic E-state index is 0.101. The molecule has 0 N–H and O–H groups in total. The zero-order chi connectivity index (χ0) is 31.9. The first-order valence-electron chi connectivity index (χ1n) is 16.6. The second-order valence-electron chi connectivity index (χ2n) is 12.2. The standard InChI is InChI=1S/C43H43N3/c1-5-43(6-2,38-26-22-35(23-27-38)40-21-13-19-36-20-14-30-44-41(36)40)39-28-24-37(25-29-39)42(45-31(3)33-15-9-7-10-16-33)46-32(4)34-17-11-8-12-18-34/h7,9-11,14-18,20-30H,3,5-6,8,12-13,19H2,1-2,4H3. The summed E-state index contributed by atoms with van der Waals surface area (Å²) in [6.45, 7) is 11.0. The Bertz CT molecular complexity index is 1850. The van der Waals surface area contributed by atoms with E-state index in [0.717, 1.165) is 66.6 Å². The molecule has 3 aromatic carbocycles. The van der Waals surface area contributed by atoms with Crippen LogP contribution in [0.5, 0.6) is 0 Å². The van der Waals surface area contributed by atoms with E-state index in [2.05, 4.69) is 106 Å². The molecule has 1 heterocycles. The van der Waals surface area contributed by atoms with Crippen molar-refractivity contribution in [2.45, 2.75) is 64.7 Å².